The Morgan fingerprint density at radius 1 is 0.864 bits per heavy atom. The summed E-state index contributed by atoms with van der Waals surface area (Å²) in [4.78, 5) is 4.37. The number of halogens is 1. The van der Waals surface area contributed by atoms with Gasteiger partial charge in [-0.15, -0.1) is 12.4 Å². The molecule has 0 aromatic heterocycles. The van der Waals surface area contributed by atoms with E-state index in [1.165, 1.54) is 11.1 Å². The Morgan fingerprint density at radius 3 is 2.32 bits per heavy atom. The number of hydrogen-bond acceptors (Lipinski definition) is 2. The van der Waals surface area contributed by atoms with Crippen LogP contribution in [0.25, 0.3) is 0 Å². The Bertz CT molecular complexity index is 673. The maximum absolute atomic E-state index is 4.37. The lowest BCUT2D eigenvalue weighted by atomic mass is 10.2. The summed E-state index contributed by atoms with van der Waals surface area (Å²) in [6.07, 6.45) is 9.51. The van der Waals surface area contributed by atoms with Gasteiger partial charge in [-0.05, 0) is 61.4 Å². The van der Waals surface area contributed by atoms with Crippen LogP contribution in [0.2, 0.25) is 0 Å². The van der Waals surface area contributed by atoms with Crippen molar-refractivity contribution in [2.45, 2.75) is 13.8 Å². The van der Waals surface area contributed by atoms with E-state index in [0.29, 0.717) is 0 Å². The van der Waals surface area contributed by atoms with Gasteiger partial charge < -0.3 is 5.32 Å². The number of aryl methyl sites for hydroxylation is 2. The van der Waals surface area contributed by atoms with E-state index in [2.05, 4.69) is 48.4 Å². The minimum absolute atomic E-state index is 0. The number of aliphatic imine (C=N–C) groups is 1. The zero-order valence-corrected chi connectivity index (χ0v) is 13.7. The van der Waals surface area contributed by atoms with Crippen molar-refractivity contribution in [3.8, 4) is 0 Å². The van der Waals surface area contributed by atoms with E-state index in [1.807, 2.05) is 48.7 Å². The Labute approximate surface area is 138 Å². The summed E-state index contributed by atoms with van der Waals surface area (Å²) in [5, 5.41) is 3.23. The van der Waals surface area contributed by atoms with Gasteiger partial charge in [0.25, 0.3) is 0 Å². The van der Waals surface area contributed by atoms with Crippen LogP contribution in [0.15, 0.2) is 78.0 Å². The fraction of sp³-hybridized carbons (Fsp3) is 0.105. The maximum atomic E-state index is 4.37. The van der Waals surface area contributed by atoms with Gasteiger partial charge in [0.15, 0.2) is 0 Å². The first-order chi connectivity index (χ1) is 10.2. The Hall–Kier alpha value is -2.32. The van der Waals surface area contributed by atoms with Crippen molar-refractivity contribution in [3.05, 3.63) is 84.1 Å². The van der Waals surface area contributed by atoms with Gasteiger partial charge in [0.2, 0.25) is 0 Å². The van der Waals surface area contributed by atoms with Gasteiger partial charge in [0.1, 0.15) is 0 Å². The molecule has 0 aliphatic carbocycles. The lowest BCUT2D eigenvalue weighted by Gasteiger charge is -2.00. The summed E-state index contributed by atoms with van der Waals surface area (Å²) < 4.78 is 0. The molecule has 22 heavy (non-hydrogen) atoms. The van der Waals surface area contributed by atoms with Gasteiger partial charge >= 0.3 is 0 Å². The second kappa shape index (κ2) is 9.59. The predicted molar refractivity (Wildman–Crippen MR) is 99.7 cm³/mol. The third-order valence-corrected chi connectivity index (χ3v) is 2.90. The van der Waals surface area contributed by atoms with Gasteiger partial charge in [0, 0.05) is 18.1 Å². The molecule has 0 amide bonds. The van der Waals surface area contributed by atoms with Gasteiger partial charge in [-0.3, -0.25) is 4.99 Å². The topological polar surface area (TPSA) is 24.4 Å². The largest absolute Gasteiger partial charge is 0.362 e. The third kappa shape index (κ3) is 6.42. The van der Waals surface area contributed by atoms with Crippen LogP contribution in [0.3, 0.4) is 0 Å². The van der Waals surface area contributed by atoms with Crippen LogP contribution in [0.5, 0.6) is 0 Å². The molecule has 0 aliphatic rings. The average Bonchev–Trinajstić information content (AvgIpc) is 2.46. The molecule has 0 spiro atoms. The lowest BCUT2D eigenvalue weighted by Crippen LogP contribution is -1.86. The Balaban J connectivity index is 0.00000242. The Kier molecular flexibility index (Phi) is 7.73. The highest BCUT2D eigenvalue weighted by molar-refractivity contribution is 5.85. The SMILES string of the molecule is Cc1cccc(N=CC=CC=CNc2cccc(C)c2)c1.Cl. The lowest BCUT2D eigenvalue weighted by molar-refractivity contribution is 1.43. The van der Waals surface area contributed by atoms with Gasteiger partial charge in [0.05, 0.1) is 5.69 Å². The first-order valence-corrected chi connectivity index (χ1v) is 7.00. The summed E-state index contributed by atoms with van der Waals surface area (Å²) in [6, 6.07) is 16.4. The molecule has 0 bridgehead atoms. The van der Waals surface area contributed by atoms with Crippen molar-refractivity contribution in [2.75, 3.05) is 5.32 Å². The zero-order chi connectivity index (χ0) is 14.9. The third-order valence-electron chi connectivity index (χ3n) is 2.90. The van der Waals surface area contributed by atoms with Crippen LogP contribution < -0.4 is 5.32 Å². The number of rotatable bonds is 5. The van der Waals surface area contributed by atoms with Crippen LogP contribution in [0.4, 0.5) is 11.4 Å². The summed E-state index contributed by atoms with van der Waals surface area (Å²) in [7, 11) is 0. The Morgan fingerprint density at radius 2 is 1.59 bits per heavy atom. The number of allylic oxidation sites excluding steroid dienone is 3. The normalized spacial score (nSPS) is 11.2. The van der Waals surface area contributed by atoms with E-state index in [1.54, 1.807) is 6.21 Å². The molecule has 114 valence electrons. The first kappa shape index (κ1) is 17.7. The molecule has 0 heterocycles. The molecule has 2 aromatic carbocycles. The monoisotopic (exact) mass is 312 g/mol. The standard InChI is InChI=1S/C19H20N2.ClH/c1-16-8-6-10-18(14-16)20-12-4-3-5-13-21-19-11-7-9-17(2)15-19;/h3-15,20H,1-2H3;1H. The molecule has 0 saturated heterocycles. The first-order valence-electron chi connectivity index (χ1n) is 7.00. The minimum atomic E-state index is 0. The molecule has 2 rings (SSSR count). The van der Waals surface area contributed by atoms with E-state index in [4.69, 9.17) is 0 Å². The molecule has 0 radical (unpaired) electrons. The summed E-state index contributed by atoms with van der Waals surface area (Å²) in [6.45, 7) is 4.14. The number of nitrogens with zero attached hydrogens (tertiary/aromatic N) is 1. The van der Waals surface area contributed by atoms with E-state index in [0.717, 1.165) is 11.4 Å². The molecule has 0 saturated carbocycles. The van der Waals surface area contributed by atoms with E-state index < -0.39 is 0 Å². The van der Waals surface area contributed by atoms with Crippen molar-refractivity contribution in [1.82, 2.24) is 0 Å². The molecule has 2 nitrogen and oxygen atoms in total. The molecular formula is C19H21ClN2. The van der Waals surface area contributed by atoms with Gasteiger partial charge in [-0.1, -0.05) is 30.3 Å². The quantitative estimate of drug-likeness (QED) is 0.563. The average molecular weight is 313 g/mol. The van der Waals surface area contributed by atoms with Crippen LogP contribution in [0.1, 0.15) is 11.1 Å². The molecule has 2 aromatic rings. The molecule has 0 atom stereocenters. The highest BCUT2D eigenvalue weighted by atomic mass is 35.5. The van der Waals surface area contributed by atoms with Crippen molar-refractivity contribution >= 4 is 30.0 Å². The summed E-state index contributed by atoms with van der Waals surface area (Å²) >= 11 is 0. The van der Waals surface area contributed by atoms with Crippen LogP contribution in [-0.2, 0) is 0 Å². The number of benzene rings is 2. The van der Waals surface area contributed by atoms with Crippen molar-refractivity contribution in [3.63, 3.8) is 0 Å². The fourth-order valence-electron chi connectivity index (χ4n) is 1.89. The number of hydrogen-bond donors (Lipinski definition) is 1. The smallest absolute Gasteiger partial charge is 0.0632 e. The van der Waals surface area contributed by atoms with Crippen molar-refractivity contribution in [2.24, 2.45) is 4.99 Å². The molecule has 1 N–H and O–H groups in total. The number of anilines is 1. The van der Waals surface area contributed by atoms with E-state index >= 15 is 0 Å². The molecular weight excluding hydrogens is 292 g/mol. The minimum Gasteiger partial charge on any atom is -0.362 e. The van der Waals surface area contributed by atoms with Crippen molar-refractivity contribution < 1.29 is 0 Å². The molecule has 0 unspecified atom stereocenters. The zero-order valence-electron chi connectivity index (χ0n) is 12.9. The molecule has 0 fully saturated rings. The maximum Gasteiger partial charge on any atom is 0.0632 e. The second-order valence-corrected chi connectivity index (χ2v) is 4.88. The van der Waals surface area contributed by atoms with Crippen LogP contribution in [0, 0.1) is 13.8 Å². The highest BCUT2D eigenvalue weighted by Gasteiger charge is 1.87. The van der Waals surface area contributed by atoms with Gasteiger partial charge in [-0.25, -0.2) is 0 Å². The van der Waals surface area contributed by atoms with E-state index in [-0.39, 0.29) is 12.4 Å². The molecule has 0 aliphatic heterocycles. The predicted octanol–water partition coefficient (Wildman–Crippen LogP) is 5.61. The van der Waals surface area contributed by atoms with Crippen LogP contribution in [-0.4, -0.2) is 6.21 Å². The summed E-state index contributed by atoms with van der Waals surface area (Å²) in [5.74, 6) is 0. The fourth-order valence-corrected chi connectivity index (χ4v) is 1.89. The molecule has 3 heteroatoms. The number of nitrogens with one attached hydrogen (secondary N) is 1. The van der Waals surface area contributed by atoms with Crippen molar-refractivity contribution in [1.29, 1.82) is 0 Å². The summed E-state index contributed by atoms with van der Waals surface area (Å²) in [5.41, 5.74) is 4.53. The van der Waals surface area contributed by atoms with E-state index in [9.17, 15) is 0 Å². The van der Waals surface area contributed by atoms with Crippen LogP contribution >= 0.6 is 12.4 Å². The van der Waals surface area contributed by atoms with Gasteiger partial charge in [-0.2, -0.15) is 0 Å². The second-order valence-electron chi connectivity index (χ2n) is 4.88. The highest BCUT2D eigenvalue weighted by Crippen LogP contribution is 2.12.